The third-order valence-electron chi connectivity index (χ3n) is 4.46. The molecule has 1 aromatic carbocycles. The summed E-state index contributed by atoms with van der Waals surface area (Å²) in [6.07, 6.45) is 0. The Kier molecular flexibility index (Phi) is 8.48. The van der Waals surface area contributed by atoms with E-state index >= 15 is 0 Å². The summed E-state index contributed by atoms with van der Waals surface area (Å²) in [5.74, 6) is 0.445. The molecule has 0 aliphatic heterocycles. The van der Waals surface area contributed by atoms with Crippen LogP contribution in [0.25, 0.3) is 10.9 Å². The van der Waals surface area contributed by atoms with Crippen molar-refractivity contribution in [1.82, 2.24) is 9.47 Å². The number of benzene rings is 1. The minimum Gasteiger partial charge on any atom is -1.00 e. The van der Waals surface area contributed by atoms with E-state index in [1.54, 1.807) is 30.0 Å². The Morgan fingerprint density at radius 3 is 2.72 bits per heavy atom. The maximum Gasteiger partial charge on any atom is 0.340 e. The number of phenols is 1. The van der Waals surface area contributed by atoms with Crippen molar-refractivity contribution in [2.24, 2.45) is 7.05 Å². The minimum atomic E-state index is -0.351. The van der Waals surface area contributed by atoms with Crippen molar-refractivity contribution >= 4 is 55.9 Å². The first-order valence-electron chi connectivity index (χ1n) is 8.83. The molecule has 0 aliphatic carbocycles. The van der Waals surface area contributed by atoms with Gasteiger partial charge in [0.15, 0.2) is 0 Å². The fourth-order valence-electron chi connectivity index (χ4n) is 3.23. The van der Waals surface area contributed by atoms with Crippen molar-refractivity contribution in [1.29, 1.82) is 0 Å². The van der Waals surface area contributed by atoms with Gasteiger partial charge in [-0.3, -0.25) is 0 Å². The van der Waals surface area contributed by atoms with Crippen molar-refractivity contribution in [2.75, 3.05) is 20.7 Å². The molecule has 0 spiro atoms. The highest BCUT2D eigenvalue weighted by Crippen LogP contribution is 2.41. The molecule has 0 amide bonds. The summed E-state index contributed by atoms with van der Waals surface area (Å²) in [6, 6.07) is 3.94. The number of halogens is 2. The number of fused-ring (bicyclic) bond motifs is 1. The summed E-state index contributed by atoms with van der Waals surface area (Å²) in [5, 5.41) is 15.6. The second-order valence-electron chi connectivity index (χ2n) is 6.67. The third kappa shape index (κ3) is 4.94. The largest absolute Gasteiger partial charge is 1.00 e. The molecule has 0 fully saturated rings. The quantitative estimate of drug-likeness (QED) is 0.384. The van der Waals surface area contributed by atoms with E-state index < -0.39 is 0 Å². The monoisotopic (exact) mass is 517 g/mol. The number of nitrogens with zero attached hydrogens (tertiary/aromatic N) is 2. The number of aromatic nitrogens is 1. The van der Waals surface area contributed by atoms with Crippen LogP contribution in [0.15, 0.2) is 32.3 Å². The van der Waals surface area contributed by atoms with Crippen LogP contribution < -0.4 is 12.4 Å². The molecule has 9 heteroatoms. The van der Waals surface area contributed by atoms with E-state index in [1.807, 2.05) is 42.1 Å². The molecule has 3 rings (SSSR count). The molecule has 29 heavy (non-hydrogen) atoms. The molecular weight excluding hydrogens is 496 g/mol. The Bertz CT molecular complexity index is 1000. The molecule has 3 aromatic rings. The van der Waals surface area contributed by atoms with Gasteiger partial charge in [-0.15, -0.1) is 11.8 Å². The summed E-state index contributed by atoms with van der Waals surface area (Å²) >= 11 is 6.80. The fraction of sp³-hybridized carbons (Fsp3) is 0.350. The summed E-state index contributed by atoms with van der Waals surface area (Å²) in [5.41, 5.74) is 3.05. The van der Waals surface area contributed by atoms with Crippen molar-refractivity contribution in [3.05, 3.63) is 44.2 Å². The number of thioether (sulfide) groups is 1. The number of hydrogen-bond acceptors (Lipinski definition) is 6. The lowest BCUT2D eigenvalue weighted by atomic mass is 10.0. The van der Waals surface area contributed by atoms with Gasteiger partial charge in [0.25, 0.3) is 0 Å². The van der Waals surface area contributed by atoms with Crippen LogP contribution in [-0.2, 0) is 24.1 Å². The molecule has 2 heterocycles. The Balaban J connectivity index is 0.00000300. The number of aromatic hydroxyl groups is 1. The van der Waals surface area contributed by atoms with E-state index in [-0.39, 0.29) is 24.1 Å². The molecule has 0 bridgehead atoms. The van der Waals surface area contributed by atoms with Gasteiger partial charge in [-0.05, 0) is 54.5 Å². The second-order valence-corrected chi connectivity index (χ2v) is 9.35. The van der Waals surface area contributed by atoms with Crippen LogP contribution in [-0.4, -0.2) is 41.2 Å². The van der Waals surface area contributed by atoms with Crippen LogP contribution in [0.3, 0.4) is 0 Å². The van der Waals surface area contributed by atoms with Crippen LogP contribution in [0.2, 0.25) is 0 Å². The number of hydrogen-bond donors (Lipinski definition) is 1. The van der Waals surface area contributed by atoms with Crippen LogP contribution in [0.5, 0.6) is 5.75 Å². The highest BCUT2D eigenvalue weighted by molar-refractivity contribution is 9.10. The number of ether oxygens (including phenoxy) is 1. The number of esters is 1. The smallest absolute Gasteiger partial charge is 0.340 e. The first kappa shape index (κ1) is 24.1. The lowest BCUT2D eigenvalue weighted by Crippen LogP contribution is -3.00. The third-order valence-corrected chi connectivity index (χ3v) is 6.90. The highest BCUT2D eigenvalue weighted by atomic mass is 79.9. The van der Waals surface area contributed by atoms with Gasteiger partial charge in [-0.2, -0.15) is 11.3 Å². The van der Waals surface area contributed by atoms with Gasteiger partial charge in [0, 0.05) is 46.3 Å². The topological polar surface area (TPSA) is 54.7 Å². The molecule has 5 nitrogen and oxygen atoms in total. The number of thiophene rings is 1. The van der Waals surface area contributed by atoms with Gasteiger partial charge in [0.05, 0.1) is 22.2 Å². The van der Waals surface area contributed by atoms with Gasteiger partial charge in [-0.25, -0.2) is 4.79 Å². The van der Waals surface area contributed by atoms with Crippen LogP contribution in [0.1, 0.15) is 28.5 Å². The van der Waals surface area contributed by atoms with E-state index in [1.165, 1.54) is 4.90 Å². The zero-order chi connectivity index (χ0) is 20.4. The van der Waals surface area contributed by atoms with Gasteiger partial charge < -0.3 is 31.7 Å². The fourth-order valence-corrected chi connectivity index (χ4v) is 5.53. The van der Waals surface area contributed by atoms with Crippen LogP contribution in [0.4, 0.5) is 0 Å². The normalized spacial score (nSPS) is 11.1. The zero-order valence-corrected chi connectivity index (χ0v) is 20.6. The number of rotatable bonds is 7. The molecule has 158 valence electrons. The SMILES string of the molecule is CCOC(=O)c1c(CSc2ccsc2)n(C)c2cc(Br)c(O)c(CN(C)C)c12.[Cl-]. The first-order valence-corrected chi connectivity index (χ1v) is 11.6. The highest BCUT2D eigenvalue weighted by Gasteiger charge is 2.27. The Hall–Kier alpha value is -1.19. The summed E-state index contributed by atoms with van der Waals surface area (Å²) < 4.78 is 8.04. The molecule has 1 N–H and O–H groups in total. The van der Waals surface area contributed by atoms with Crippen molar-refractivity contribution in [3.63, 3.8) is 0 Å². The molecule has 2 aromatic heterocycles. The van der Waals surface area contributed by atoms with Crippen molar-refractivity contribution in [3.8, 4) is 5.75 Å². The Morgan fingerprint density at radius 2 is 2.14 bits per heavy atom. The first-order chi connectivity index (χ1) is 13.3. The average Bonchev–Trinajstić information content (AvgIpc) is 3.24. The predicted octanol–water partition coefficient (Wildman–Crippen LogP) is 2.24. The van der Waals surface area contributed by atoms with Gasteiger partial charge in [-0.1, -0.05) is 0 Å². The molecule has 0 atom stereocenters. The van der Waals surface area contributed by atoms with Gasteiger partial charge in [0.2, 0.25) is 0 Å². The number of carbonyl (C=O) groups excluding carboxylic acids is 1. The predicted molar refractivity (Wildman–Crippen MR) is 120 cm³/mol. The summed E-state index contributed by atoms with van der Waals surface area (Å²) in [4.78, 5) is 16.1. The maximum absolute atomic E-state index is 12.9. The number of carbonyl (C=O) groups is 1. The molecule has 0 saturated carbocycles. The molecule has 0 radical (unpaired) electrons. The van der Waals surface area contributed by atoms with E-state index in [0.717, 1.165) is 22.2 Å². The van der Waals surface area contributed by atoms with Crippen molar-refractivity contribution in [2.45, 2.75) is 24.1 Å². The Labute approximate surface area is 193 Å². The summed E-state index contributed by atoms with van der Waals surface area (Å²) in [6.45, 7) is 2.62. The van der Waals surface area contributed by atoms with Crippen LogP contribution >= 0.6 is 39.0 Å². The molecular formula is C20H23BrClN2O3S2-. The van der Waals surface area contributed by atoms with Gasteiger partial charge in [0.1, 0.15) is 5.75 Å². The van der Waals surface area contributed by atoms with E-state index in [0.29, 0.717) is 28.9 Å². The second kappa shape index (κ2) is 10.2. The van der Waals surface area contributed by atoms with Crippen molar-refractivity contribution < 1.29 is 27.0 Å². The van der Waals surface area contributed by atoms with E-state index in [4.69, 9.17) is 4.74 Å². The molecule has 0 saturated heterocycles. The standard InChI is InChI=1S/C20H23BrN2O3S2.ClH/c1-5-26-20(25)18-16(11-28-12-6-7-27-10-12)23(4)15-8-14(21)19(24)13(17(15)18)9-22(2)3;/h6-8,10,24H,5,9,11H2,1-4H3;1H/p-1. The average molecular weight is 519 g/mol. The maximum atomic E-state index is 12.9. The lowest BCUT2D eigenvalue weighted by Gasteiger charge is -2.15. The van der Waals surface area contributed by atoms with Crippen LogP contribution in [0, 0.1) is 0 Å². The van der Waals surface area contributed by atoms with E-state index in [9.17, 15) is 9.90 Å². The minimum absolute atomic E-state index is 0. The van der Waals surface area contributed by atoms with Gasteiger partial charge >= 0.3 is 5.97 Å². The molecule has 0 unspecified atom stereocenters. The summed E-state index contributed by atoms with van der Waals surface area (Å²) in [7, 11) is 5.83. The lowest BCUT2D eigenvalue weighted by molar-refractivity contribution is -0.0000249. The Morgan fingerprint density at radius 1 is 1.41 bits per heavy atom. The van der Waals surface area contributed by atoms with E-state index in [2.05, 4.69) is 27.4 Å². The zero-order valence-electron chi connectivity index (χ0n) is 16.7. The number of phenolic OH excluding ortho intramolecular Hbond substituents is 1. The molecule has 0 aliphatic rings. The number of aryl methyl sites for hydroxylation is 1.